The Hall–Kier alpha value is -0.970. The van der Waals surface area contributed by atoms with Gasteiger partial charge in [0.1, 0.15) is 15.4 Å². The van der Waals surface area contributed by atoms with E-state index in [-0.39, 0.29) is 11.9 Å². The number of allylic oxidation sites excluding steroid dienone is 2. The van der Waals surface area contributed by atoms with Crippen LogP contribution in [-0.2, 0) is 22.3 Å². The topological polar surface area (TPSA) is 73.8 Å². The zero-order chi connectivity index (χ0) is 26.5. The van der Waals surface area contributed by atoms with Gasteiger partial charge in [0.05, 0.1) is 22.3 Å². The Morgan fingerprint density at radius 1 is 1.28 bits per heavy atom. The van der Waals surface area contributed by atoms with E-state index in [1.807, 2.05) is 37.5 Å². The summed E-state index contributed by atoms with van der Waals surface area (Å²) in [6.45, 7) is 7.17. The van der Waals surface area contributed by atoms with Crippen LogP contribution in [0.5, 0.6) is 0 Å². The number of thioether (sulfide) groups is 2. The van der Waals surface area contributed by atoms with Crippen LogP contribution < -0.4 is 10.0 Å². The third kappa shape index (κ3) is 12.0. The fourth-order valence-corrected chi connectivity index (χ4v) is 5.99. The molecule has 0 radical (unpaired) electrons. The molecule has 2 N–H and O–H groups in total. The van der Waals surface area contributed by atoms with Crippen molar-refractivity contribution in [1.82, 2.24) is 14.9 Å². The zero-order valence-corrected chi connectivity index (χ0v) is 25.3. The van der Waals surface area contributed by atoms with Gasteiger partial charge in [0, 0.05) is 37.6 Å². The average molecular weight is 592 g/mol. The summed E-state index contributed by atoms with van der Waals surface area (Å²) in [4.78, 5) is 19.6. The van der Waals surface area contributed by atoms with E-state index in [0.29, 0.717) is 22.3 Å². The van der Waals surface area contributed by atoms with Crippen molar-refractivity contribution in [2.75, 3.05) is 37.9 Å². The van der Waals surface area contributed by atoms with Crippen molar-refractivity contribution < 1.29 is 9.00 Å². The number of rotatable bonds is 11. The first-order chi connectivity index (χ1) is 17.2. The summed E-state index contributed by atoms with van der Waals surface area (Å²) < 4.78 is 15.1. The number of nitrogens with one attached hydrogen (secondary N) is 2. The van der Waals surface area contributed by atoms with Gasteiger partial charge in [-0.25, -0.2) is 4.21 Å². The van der Waals surface area contributed by atoms with Crippen LogP contribution in [0.3, 0.4) is 0 Å². The van der Waals surface area contributed by atoms with Crippen LogP contribution in [0.4, 0.5) is 0 Å². The summed E-state index contributed by atoms with van der Waals surface area (Å²) in [6.07, 6.45) is 10.4. The van der Waals surface area contributed by atoms with E-state index < -0.39 is 11.0 Å². The summed E-state index contributed by atoms with van der Waals surface area (Å²) in [5, 5.41) is 4.33. The number of carbonyl (C=O) groups is 1. The van der Waals surface area contributed by atoms with Crippen LogP contribution in [0, 0.1) is 0 Å². The molecule has 1 amide bonds. The largest absolute Gasteiger partial charge is 0.353 e. The molecule has 0 spiro atoms. The molecule has 1 unspecified atom stereocenters. The highest BCUT2D eigenvalue weighted by atomic mass is 35.5. The van der Waals surface area contributed by atoms with Gasteiger partial charge in [0.2, 0.25) is 5.91 Å². The Bertz CT molecular complexity index is 994. The number of hydrogen-bond donors (Lipinski definition) is 2. The van der Waals surface area contributed by atoms with Crippen LogP contribution in [0.2, 0.25) is 10.0 Å². The number of aliphatic imine (C=N–C) groups is 1. The van der Waals surface area contributed by atoms with Crippen molar-refractivity contribution in [3.63, 3.8) is 0 Å². The molecule has 1 aromatic carbocycles. The maximum absolute atomic E-state index is 12.6. The van der Waals surface area contributed by atoms with Gasteiger partial charge >= 0.3 is 0 Å². The van der Waals surface area contributed by atoms with Crippen molar-refractivity contribution in [3.8, 4) is 0 Å². The smallest absolute Gasteiger partial charge is 0.230 e. The number of nitrogens with zero attached hydrogens (tertiary/aromatic N) is 2. The minimum absolute atomic E-state index is 0.0411. The standard InChI is InChI=1S/C25H36Cl2N4O2S3/c1-5-6-19(13-18(2)30-36(4)33)15-28-25(34-3)35-17-24(32)29-21-9-11-31(12-10-21)16-20-7-8-22(26)23(27)14-20/h6-8,13-14,21,30H,5,9-12,15-17H2,1-4H3,(H,29,32)/b18-13+,19-6+,28-25?. The highest BCUT2D eigenvalue weighted by molar-refractivity contribution is 8.38. The van der Waals surface area contributed by atoms with Crippen molar-refractivity contribution >= 4 is 68.0 Å². The summed E-state index contributed by atoms with van der Waals surface area (Å²) >= 11 is 15.2. The van der Waals surface area contributed by atoms with Crippen LogP contribution in [0.25, 0.3) is 0 Å². The number of amides is 1. The summed E-state index contributed by atoms with van der Waals surface area (Å²) in [5.41, 5.74) is 3.04. The molecule has 0 saturated carbocycles. The molecule has 1 fully saturated rings. The predicted octanol–water partition coefficient (Wildman–Crippen LogP) is 5.65. The van der Waals surface area contributed by atoms with Gasteiger partial charge in [-0.3, -0.25) is 14.7 Å². The Morgan fingerprint density at radius 2 is 2.00 bits per heavy atom. The van der Waals surface area contributed by atoms with Gasteiger partial charge in [0.25, 0.3) is 0 Å². The zero-order valence-electron chi connectivity index (χ0n) is 21.3. The van der Waals surface area contributed by atoms with Crippen molar-refractivity contribution in [2.24, 2.45) is 4.99 Å². The number of likely N-dealkylation sites (tertiary alicyclic amines) is 1. The SMILES string of the molecule is CC/C=C(\C=C(/C)NS(C)=O)CN=C(SC)SCC(=O)NC1CCN(Cc2ccc(Cl)c(Cl)c2)CC1. The molecule has 0 bridgehead atoms. The van der Waals surface area contributed by atoms with Crippen LogP contribution in [-0.4, -0.2) is 63.3 Å². The molecule has 1 saturated heterocycles. The quantitative estimate of drug-likeness (QED) is 0.198. The Morgan fingerprint density at radius 3 is 2.61 bits per heavy atom. The molecule has 1 aromatic rings. The Balaban J connectivity index is 1.77. The lowest BCUT2D eigenvalue weighted by Gasteiger charge is -2.32. The van der Waals surface area contributed by atoms with Gasteiger partial charge in [-0.2, -0.15) is 0 Å². The molecule has 0 aromatic heterocycles. The molecule has 0 aliphatic carbocycles. The average Bonchev–Trinajstić information content (AvgIpc) is 2.82. The van der Waals surface area contributed by atoms with Crippen molar-refractivity contribution in [2.45, 2.75) is 45.7 Å². The Kier molecular flexibility index (Phi) is 14.6. The number of hydrogen-bond acceptors (Lipinski definition) is 6. The molecular formula is C25H36Cl2N4O2S3. The van der Waals surface area contributed by atoms with E-state index in [1.54, 1.807) is 18.0 Å². The molecule has 6 nitrogen and oxygen atoms in total. The first-order valence-electron chi connectivity index (χ1n) is 11.8. The van der Waals surface area contributed by atoms with Gasteiger partial charge < -0.3 is 10.0 Å². The van der Waals surface area contributed by atoms with Gasteiger partial charge in [-0.05, 0) is 61.8 Å². The maximum Gasteiger partial charge on any atom is 0.230 e. The van der Waals surface area contributed by atoms with Crippen molar-refractivity contribution in [1.29, 1.82) is 0 Å². The van der Waals surface area contributed by atoms with Crippen molar-refractivity contribution in [3.05, 3.63) is 57.2 Å². The van der Waals surface area contributed by atoms with E-state index >= 15 is 0 Å². The second-order valence-corrected chi connectivity index (χ2v) is 12.5. The fourth-order valence-electron chi connectivity index (χ4n) is 3.82. The fraction of sp³-hybridized carbons (Fsp3) is 0.520. The monoisotopic (exact) mass is 590 g/mol. The number of halogens is 2. The number of carbonyl (C=O) groups excluding carboxylic acids is 1. The lowest BCUT2D eigenvalue weighted by atomic mass is 10.0. The molecule has 1 aliphatic rings. The lowest BCUT2D eigenvalue weighted by molar-refractivity contribution is -0.119. The molecule has 11 heteroatoms. The summed E-state index contributed by atoms with van der Waals surface area (Å²) in [7, 11) is -1.10. The first kappa shape index (κ1) is 31.2. The minimum Gasteiger partial charge on any atom is -0.353 e. The van der Waals surface area contributed by atoms with Gasteiger partial charge in [-0.1, -0.05) is 54.0 Å². The first-order valence-corrected chi connectivity index (χ1v) is 16.4. The third-order valence-corrected chi connectivity index (χ3v) is 8.87. The van der Waals surface area contributed by atoms with Crippen LogP contribution >= 0.6 is 46.7 Å². The van der Waals surface area contributed by atoms with Crippen LogP contribution in [0.15, 0.2) is 46.6 Å². The lowest BCUT2D eigenvalue weighted by Crippen LogP contribution is -2.44. The molecular weight excluding hydrogens is 555 g/mol. The highest BCUT2D eigenvalue weighted by Gasteiger charge is 2.21. The van der Waals surface area contributed by atoms with E-state index in [1.165, 1.54) is 11.8 Å². The number of piperidine rings is 1. The second kappa shape index (κ2) is 16.8. The molecule has 1 atom stereocenters. The highest BCUT2D eigenvalue weighted by Crippen LogP contribution is 2.24. The van der Waals surface area contributed by atoms with E-state index in [4.69, 9.17) is 28.2 Å². The normalized spacial score (nSPS) is 17.2. The van der Waals surface area contributed by atoms with Gasteiger partial charge in [0.15, 0.2) is 0 Å². The second-order valence-electron chi connectivity index (χ2n) is 8.51. The molecule has 2 rings (SSSR count). The third-order valence-electron chi connectivity index (χ3n) is 5.41. The molecule has 1 aliphatic heterocycles. The molecule has 200 valence electrons. The van der Waals surface area contributed by atoms with E-state index in [2.05, 4.69) is 27.9 Å². The number of benzene rings is 1. The van der Waals surface area contributed by atoms with Gasteiger partial charge in [-0.15, -0.1) is 11.8 Å². The summed E-state index contributed by atoms with van der Waals surface area (Å²) in [6, 6.07) is 5.96. The summed E-state index contributed by atoms with van der Waals surface area (Å²) in [5.74, 6) is 0.390. The minimum atomic E-state index is -1.10. The molecule has 36 heavy (non-hydrogen) atoms. The Labute approximate surface area is 236 Å². The molecule has 1 heterocycles. The maximum atomic E-state index is 12.6. The van der Waals surface area contributed by atoms with E-state index in [9.17, 15) is 9.00 Å². The van der Waals surface area contributed by atoms with E-state index in [0.717, 1.165) is 60.1 Å². The predicted molar refractivity (Wildman–Crippen MR) is 161 cm³/mol. The van der Waals surface area contributed by atoms with Crippen LogP contribution in [0.1, 0.15) is 38.7 Å².